The van der Waals surface area contributed by atoms with Crippen molar-refractivity contribution in [2.45, 2.75) is 12.8 Å². The molecule has 0 amide bonds. The highest BCUT2D eigenvalue weighted by Gasteiger charge is 2.08. The zero-order chi connectivity index (χ0) is 19.2. The van der Waals surface area contributed by atoms with Crippen LogP contribution in [0.25, 0.3) is 23.5 Å². The average Bonchev–Trinajstić information content (AvgIpc) is 3.50. The third-order valence-electron chi connectivity index (χ3n) is 5.44. The number of nitrogens with one attached hydrogen (secondary N) is 5. The van der Waals surface area contributed by atoms with E-state index in [1.807, 2.05) is 0 Å². The quantitative estimate of drug-likeness (QED) is 0.269. The molecule has 142 valence electrons. The summed E-state index contributed by atoms with van der Waals surface area (Å²) in [6.45, 7) is 0. The van der Waals surface area contributed by atoms with Crippen LogP contribution in [0.4, 0.5) is 0 Å². The predicted molar refractivity (Wildman–Crippen MR) is 115 cm³/mol. The maximum Gasteiger partial charge on any atom is 0.0621 e. The molecule has 5 heteroatoms. The molecule has 1 aliphatic heterocycles. The van der Waals surface area contributed by atoms with Gasteiger partial charge in [-0.05, 0) is 72.8 Å². The molecule has 0 aliphatic carbocycles. The van der Waals surface area contributed by atoms with Gasteiger partial charge in [0, 0.05) is 57.7 Å². The first-order valence-electron chi connectivity index (χ1n) is 9.87. The van der Waals surface area contributed by atoms with E-state index in [1.165, 1.54) is 22.8 Å². The van der Waals surface area contributed by atoms with Gasteiger partial charge in [0.15, 0.2) is 0 Å². The van der Waals surface area contributed by atoms with Crippen molar-refractivity contribution in [2.75, 3.05) is 0 Å². The van der Waals surface area contributed by atoms with Gasteiger partial charge in [-0.3, -0.25) is 0 Å². The number of hydrogen-bond donors (Lipinski definition) is 5. The number of hydrogen-bond acceptors (Lipinski definition) is 0. The van der Waals surface area contributed by atoms with Gasteiger partial charge < -0.3 is 24.9 Å². The Hall–Kier alpha value is -3.86. The number of H-pyrrole nitrogens is 5. The lowest BCUT2D eigenvalue weighted by molar-refractivity contribution is 1.04. The molecule has 0 saturated heterocycles. The van der Waals surface area contributed by atoms with Gasteiger partial charge in [0.2, 0.25) is 0 Å². The van der Waals surface area contributed by atoms with Crippen LogP contribution in [-0.2, 0) is 12.8 Å². The predicted octanol–water partition coefficient (Wildman–Crippen LogP) is 3.15. The van der Waals surface area contributed by atoms with Crippen molar-refractivity contribution < 1.29 is 0 Å². The Morgan fingerprint density at radius 2 is 0.862 bits per heavy atom. The van der Waals surface area contributed by atoms with Gasteiger partial charge in [0.1, 0.15) is 0 Å². The smallest absolute Gasteiger partial charge is 0.0621 e. The van der Waals surface area contributed by atoms with Gasteiger partial charge in [-0.15, -0.1) is 0 Å². The Balaban J connectivity index is 1.48. The van der Waals surface area contributed by atoms with E-state index in [-0.39, 0.29) is 0 Å². The summed E-state index contributed by atoms with van der Waals surface area (Å²) in [5, 5.41) is 2.16. The van der Waals surface area contributed by atoms with Gasteiger partial charge in [0.25, 0.3) is 0 Å². The maximum atomic E-state index is 3.54. The molecule has 5 N–H and O–H groups in total. The Kier molecular flexibility index (Phi) is 3.53. The number of fused-ring (bicyclic) bond motifs is 11. The van der Waals surface area contributed by atoms with Crippen molar-refractivity contribution in [3.63, 3.8) is 0 Å². The van der Waals surface area contributed by atoms with Crippen molar-refractivity contribution in [3.05, 3.63) is 106 Å². The van der Waals surface area contributed by atoms with Crippen LogP contribution in [0, 0.1) is 0 Å². The molecule has 0 atom stereocenters. The van der Waals surface area contributed by atoms with E-state index in [0.717, 1.165) is 46.3 Å². The standard InChI is InChI=1S/C24H21N5/c1-2-16-12-18-4-6-20(27-18)14-22-8-10-24(29-22)23-9-7-21(28-23)13-19-5-3-17(26-19)11-15(1)25-16/h1-12,25-29H,13-14H2. The fraction of sp³-hybridized carbons (Fsp3) is 0.0833. The minimum absolute atomic E-state index is 0.843. The molecule has 0 spiro atoms. The molecule has 5 aromatic rings. The molecular weight excluding hydrogens is 358 g/mol. The van der Waals surface area contributed by atoms with Crippen molar-refractivity contribution in [3.8, 4) is 11.4 Å². The minimum Gasteiger partial charge on any atom is -0.359 e. The first-order valence-corrected chi connectivity index (χ1v) is 9.87. The van der Waals surface area contributed by atoms with E-state index in [9.17, 15) is 0 Å². The molecule has 6 heterocycles. The van der Waals surface area contributed by atoms with Crippen LogP contribution in [0.15, 0.2) is 60.7 Å². The average molecular weight is 379 g/mol. The van der Waals surface area contributed by atoms with Gasteiger partial charge in [-0.25, -0.2) is 0 Å². The van der Waals surface area contributed by atoms with Crippen molar-refractivity contribution in [1.29, 1.82) is 0 Å². The second kappa shape index (κ2) is 6.34. The molecule has 0 aromatic carbocycles. The molecule has 10 bridgehead atoms. The second-order valence-corrected chi connectivity index (χ2v) is 7.68. The van der Waals surface area contributed by atoms with Crippen LogP contribution in [0.3, 0.4) is 0 Å². The lowest BCUT2D eigenvalue weighted by atomic mass is 10.2. The van der Waals surface area contributed by atoms with Gasteiger partial charge in [-0.2, -0.15) is 0 Å². The number of aromatic amines is 5. The minimum atomic E-state index is 0.843. The third kappa shape index (κ3) is 3.17. The lowest BCUT2D eigenvalue weighted by Crippen LogP contribution is -2.09. The van der Waals surface area contributed by atoms with Crippen LogP contribution in [0.2, 0.25) is 0 Å². The molecular formula is C24H21N5. The van der Waals surface area contributed by atoms with Crippen LogP contribution >= 0.6 is 0 Å². The highest BCUT2D eigenvalue weighted by molar-refractivity contribution is 5.57. The molecule has 5 aromatic heterocycles. The fourth-order valence-electron chi connectivity index (χ4n) is 4.04. The van der Waals surface area contributed by atoms with E-state index >= 15 is 0 Å². The van der Waals surface area contributed by atoms with Crippen molar-refractivity contribution >= 4 is 12.2 Å². The maximum absolute atomic E-state index is 3.54. The van der Waals surface area contributed by atoms with E-state index in [4.69, 9.17) is 0 Å². The molecule has 6 rings (SSSR count). The van der Waals surface area contributed by atoms with E-state index in [2.05, 4.69) is 97.7 Å². The molecule has 0 fully saturated rings. The monoisotopic (exact) mass is 379 g/mol. The van der Waals surface area contributed by atoms with Crippen molar-refractivity contribution in [2.24, 2.45) is 0 Å². The first kappa shape index (κ1) is 16.1. The summed E-state index contributed by atoms with van der Waals surface area (Å²) in [6.07, 6.45) is 5.96. The summed E-state index contributed by atoms with van der Waals surface area (Å²) in [7, 11) is 0. The zero-order valence-electron chi connectivity index (χ0n) is 15.8. The van der Waals surface area contributed by atoms with Gasteiger partial charge >= 0.3 is 0 Å². The zero-order valence-corrected chi connectivity index (χ0v) is 15.8. The summed E-state index contributed by atoms with van der Waals surface area (Å²) in [5.41, 5.74) is 9.16. The van der Waals surface area contributed by atoms with Crippen LogP contribution < -0.4 is 10.7 Å². The van der Waals surface area contributed by atoms with Crippen LogP contribution in [0.1, 0.15) is 34.2 Å². The lowest BCUT2D eigenvalue weighted by Gasteiger charge is -1.98. The number of aromatic nitrogens is 5. The fourth-order valence-corrected chi connectivity index (χ4v) is 4.04. The van der Waals surface area contributed by atoms with E-state index < -0.39 is 0 Å². The van der Waals surface area contributed by atoms with Gasteiger partial charge in [0.05, 0.1) is 11.4 Å². The molecule has 0 radical (unpaired) electrons. The Bertz CT molecular complexity index is 1310. The van der Waals surface area contributed by atoms with Crippen LogP contribution in [-0.4, -0.2) is 24.9 Å². The Morgan fingerprint density at radius 3 is 1.38 bits per heavy atom. The summed E-state index contributed by atoms with van der Waals surface area (Å²) < 4.78 is 0. The Labute approximate surface area is 167 Å². The molecule has 29 heavy (non-hydrogen) atoms. The molecule has 0 unspecified atom stereocenters. The highest BCUT2D eigenvalue weighted by Crippen LogP contribution is 2.21. The normalized spacial score (nSPS) is 13.1. The number of rotatable bonds is 0. The van der Waals surface area contributed by atoms with E-state index in [1.54, 1.807) is 0 Å². The third-order valence-corrected chi connectivity index (χ3v) is 5.44. The molecule has 0 saturated carbocycles. The molecule has 1 aliphatic rings. The SMILES string of the molecule is C1=c2ccc([nH]2)=Cc2ccc([nH]2)Cc2ccc([nH]2)-c2ccc([nH]2)Cc2ccc1[nH]2. The first-order chi connectivity index (χ1) is 14.3. The molecule has 5 nitrogen and oxygen atoms in total. The van der Waals surface area contributed by atoms with Crippen molar-refractivity contribution in [1.82, 2.24) is 24.9 Å². The summed E-state index contributed by atoms with van der Waals surface area (Å²) >= 11 is 0. The largest absolute Gasteiger partial charge is 0.359 e. The Morgan fingerprint density at radius 1 is 0.414 bits per heavy atom. The summed E-state index contributed by atoms with van der Waals surface area (Å²) in [5.74, 6) is 0. The summed E-state index contributed by atoms with van der Waals surface area (Å²) in [6, 6.07) is 21.3. The second-order valence-electron chi connectivity index (χ2n) is 7.68. The van der Waals surface area contributed by atoms with E-state index in [0.29, 0.717) is 0 Å². The van der Waals surface area contributed by atoms with Crippen LogP contribution in [0.5, 0.6) is 0 Å². The highest BCUT2D eigenvalue weighted by atomic mass is 14.8. The summed E-state index contributed by atoms with van der Waals surface area (Å²) in [4.78, 5) is 17.6. The topological polar surface area (TPSA) is 78.9 Å². The van der Waals surface area contributed by atoms with Gasteiger partial charge in [-0.1, -0.05) is 0 Å².